The average molecular weight is 278 g/mol. The Bertz CT molecular complexity index is 452. The molecule has 0 fully saturated rings. The van der Waals surface area contributed by atoms with Gasteiger partial charge in [0.1, 0.15) is 0 Å². The number of hydrogen-bond donors (Lipinski definition) is 0. The third kappa shape index (κ3) is 5.34. The van der Waals surface area contributed by atoms with Crippen LogP contribution in [0.15, 0.2) is 24.3 Å². The van der Waals surface area contributed by atoms with E-state index in [9.17, 15) is 4.79 Å². The highest BCUT2D eigenvalue weighted by Gasteiger charge is 2.05. The van der Waals surface area contributed by atoms with Gasteiger partial charge in [-0.15, -0.1) is 0 Å². The van der Waals surface area contributed by atoms with Crippen LogP contribution in [0.25, 0.3) is 6.08 Å². The van der Waals surface area contributed by atoms with Crippen LogP contribution in [0.5, 0.6) is 11.5 Å². The number of rotatable bonds is 8. The van der Waals surface area contributed by atoms with Crippen molar-refractivity contribution in [2.45, 2.75) is 26.7 Å². The maximum Gasteiger partial charge on any atom is 0.330 e. The minimum absolute atomic E-state index is 0.383. The summed E-state index contributed by atoms with van der Waals surface area (Å²) in [5.74, 6) is 1.04. The van der Waals surface area contributed by atoms with Crippen molar-refractivity contribution in [3.8, 4) is 11.5 Å². The minimum atomic E-state index is -0.383. The van der Waals surface area contributed by atoms with Crippen LogP contribution in [-0.2, 0) is 9.53 Å². The van der Waals surface area contributed by atoms with Gasteiger partial charge in [-0.2, -0.15) is 0 Å². The molecule has 0 saturated carbocycles. The summed E-state index contributed by atoms with van der Waals surface area (Å²) in [7, 11) is 1.35. The van der Waals surface area contributed by atoms with Crippen LogP contribution in [0.2, 0.25) is 0 Å². The Morgan fingerprint density at radius 3 is 2.65 bits per heavy atom. The van der Waals surface area contributed by atoms with Crippen molar-refractivity contribution in [1.82, 2.24) is 0 Å². The van der Waals surface area contributed by atoms with Crippen molar-refractivity contribution in [3.63, 3.8) is 0 Å². The van der Waals surface area contributed by atoms with E-state index in [0.717, 1.165) is 24.2 Å². The van der Waals surface area contributed by atoms with E-state index in [4.69, 9.17) is 9.47 Å². The van der Waals surface area contributed by atoms with Gasteiger partial charge in [0.2, 0.25) is 0 Å². The van der Waals surface area contributed by atoms with Gasteiger partial charge >= 0.3 is 5.97 Å². The fraction of sp³-hybridized carbons (Fsp3) is 0.438. The first-order chi connectivity index (χ1) is 9.71. The van der Waals surface area contributed by atoms with Crippen LogP contribution >= 0.6 is 0 Å². The lowest BCUT2D eigenvalue weighted by Gasteiger charge is -2.12. The molecule has 4 nitrogen and oxygen atoms in total. The Labute approximate surface area is 120 Å². The van der Waals surface area contributed by atoms with Crippen LogP contribution < -0.4 is 9.47 Å². The third-order valence-corrected chi connectivity index (χ3v) is 2.64. The summed E-state index contributed by atoms with van der Waals surface area (Å²) in [5, 5.41) is 0. The Morgan fingerprint density at radius 1 is 1.20 bits per heavy atom. The van der Waals surface area contributed by atoms with E-state index >= 15 is 0 Å². The van der Waals surface area contributed by atoms with Crippen LogP contribution in [0.4, 0.5) is 0 Å². The quantitative estimate of drug-likeness (QED) is 0.415. The largest absolute Gasteiger partial charge is 0.490 e. The molecule has 110 valence electrons. The molecule has 0 saturated heterocycles. The molecule has 20 heavy (non-hydrogen) atoms. The molecular weight excluding hydrogens is 256 g/mol. The van der Waals surface area contributed by atoms with E-state index in [1.165, 1.54) is 13.2 Å². The molecule has 1 rings (SSSR count). The smallest absolute Gasteiger partial charge is 0.330 e. The standard InChI is InChI=1S/C16H22O4/c1-4-6-11-20-14-9-7-13(8-10-16(17)18-3)12-15(14)19-5-2/h7-10,12H,4-6,11H2,1-3H3. The first kappa shape index (κ1) is 16.1. The molecule has 0 aliphatic rings. The first-order valence-electron chi connectivity index (χ1n) is 6.87. The minimum Gasteiger partial charge on any atom is -0.490 e. The molecule has 0 aliphatic heterocycles. The summed E-state index contributed by atoms with van der Waals surface area (Å²) in [4.78, 5) is 11.1. The molecule has 0 N–H and O–H groups in total. The highest BCUT2D eigenvalue weighted by Crippen LogP contribution is 2.29. The van der Waals surface area contributed by atoms with Crippen molar-refractivity contribution in [2.24, 2.45) is 0 Å². The summed E-state index contributed by atoms with van der Waals surface area (Å²) in [5.41, 5.74) is 0.863. The van der Waals surface area contributed by atoms with Crippen molar-refractivity contribution < 1.29 is 19.0 Å². The molecule has 0 heterocycles. The van der Waals surface area contributed by atoms with Crippen molar-refractivity contribution in [2.75, 3.05) is 20.3 Å². The van der Waals surface area contributed by atoms with Crippen LogP contribution in [0, 0.1) is 0 Å². The predicted octanol–water partition coefficient (Wildman–Crippen LogP) is 3.45. The van der Waals surface area contributed by atoms with Crippen molar-refractivity contribution in [1.29, 1.82) is 0 Å². The number of benzene rings is 1. The van der Waals surface area contributed by atoms with Gasteiger partial charge in [-0.05, 0) is 37.1 Å². The number of carbonyl (C=O) groups excluding carboxylic acids is 1. The average Bonchev–Trinajstić information content (AvgIpc) is 2.47. The predicted molar refractivity (Wildman–Crippen MR) is 79.1 cm³/mol. The lowest BCUT2D eigenvalue weighted by Crippen LogP contribution is -2.01. The van der Waals surface area contributed by atoms with Crippen LogP contribution in [0.3, 0.4) is 0 Å². The molecule has 0 radical (unpaired) electrons. The topological polar surface area (TPSA) is 44.8 Å². The Morgan fingerprint density at radius 2 is 2.00 bits per heavy atom. The Balaban J connectivity index is 2.82. The lowest BCUT2D eigenvalue weighted by atomic mass is 10.2. The van der Waals surface area contributed by atoms with Gasteiger partial charge in [-0.25, -0.2) is 4.79 Å². The summed E-state index contributed by atoms with van der Waals surface area (Å²) in [6.45, 7) is 5.28. The molecule has 1 aromatic carbocycles. The fourth-order valence-corrected chi connectivity index (χ4v) is 1.57. The number of ether oxygens (including phenoxy) is 3. The summed E-state index contributed by atoms with van der Waals surface area (Å²) < 4.78 is 15.8. The fourth-order valence-electron chi connectivity index (χ4n) is 1.57. The maximum atomic E-state index is 11.1. The molecule has 4 heteroatoms. The monoisotopic (exact) mass is 278 g/mol. The molecule has 0 bridgehead atoms. The molecule has 0 unspecified atom stereocenters. The number of hydrogen-bond acceptors (Lipinski definition) is 4. The van der Waals surface area contributed by atoms with E-state index in [1.807, 2.05) is 25.1 Å². The van der Waals surface area contributed by atoms with Crippen molar-refractivity contribution in [3.05, 3.63) is 29.8 Å². The Hall–Kier alpha value is -1.97. The second-order valence-electron chi connectivity index (χ2n) is 4.20. The summed E-state index contributed by atoms with van der Waals surface area (Å²) in [6.07, 6.45) is 5.16. The van der Waals surface area contributed by atoms with Crippen LogP contribution in [0.1, 0.15) is 32.3 Å². The van der Waals surface area contributed by atoms with Gasteiger partial charge in [0, 0.05) is 6.08 Å². The van der Waals surface area contributed by atoms with E-state index < -0.39 is 0 Å². The second kappa shape index (κ2) is 9.02. The highest BCUT2D eigenvalue weighted by molar-refractivity contribution is 5.87. The zero-order valence-corrected chi connectivity index (χ0v) is 12.3. The van der Waals surface area contributed by atoms with Gasteiger partial charge < -0.3 is 14.2 Å². The van der Waals surface area contributed by atoms with Gasteiger partial charge in [0.15, 0.2) is 11.5 Å². The summed E-state index contributed by atoms with van der Waals surface area (Å²) in [6, 6.07) is 5.59. The molecule has 1 aromatic rings. The normalized spacial score (nSPS) is 10.6. The molecule has 0 atom stereocenters. The van der Waals surface area contributed by atoms with Gasteiger partial charge in [0.25, 0.3) is 0 Å². The van der Waals surface area contributed by atoms with Crippen LogP contribution in [-0.4, -0.2) is 26.3 Å². The van der Waals surface area contributed by atoms with E-state index in [0.29, 0.717) is 19.0 Å². The second-order valence-corrected chi connectivity index (χ2v) is 4.20. The molecule has 0 amide bonds. The third-order valence-electron chi connectivity index (χ3n) is 2.64. The maximum absolute atomic E-state index is 11.1. The van der Waals surface area contributed by atoms with Gasteiger partial charge in [-0.1, -0.05) is 19.4 Å². The van der Waals surface area contributed by atoms with Gasteiger partial charge in [0.05, 0.1) is 20.3 Å². The molecule has 0 aromatic heterocycles. The van der Waals surface area contributed by atoms with E-state index in [2.05, 4.69) is 11.7 Å². The Kier molecular flexibility index (Phi) is 7.25. The van der Waals surface area contributed by atoms with E-state index in [-0.39, 0.29) is 5.97 Å². The summed E-state index contributed by atoms with van der Waals surface area (Å²) >= 11 is 0. The zero-order chi connectivity index (χ0) is 14.8. The number of esters is 1. The SMILES string of the molecule is CCCCOc1ccc(C=CC(=O)OC)cc1OCC. The highest BCUT2D eigenvalue weighted by atomic mass is 16.5. The lowest BCUT2D eigenvalue weighted by molar-refractivity contribution is -0.134. The van der Waals surface area contributed by atoms with Crippen molar-refractivity contribution >= 4 is 12.0 Å². The molecule has 0 aliphatic carbocycles. The van der Waals surface area contributed by atoms with Gasteiger partial charge in [-0.3, -0.25) is 0 Å². The number of unbranched alkanes of at least 4 members (excludes halogenated alkanes) is 1. The number of carbonyl (C=O) groups is 1. The van der Waals surface area contributed by atoms with E-state index in [1.54, 1.807) is 6.08 Å². The first-order valence-corrected chi connectivity index (χ1v) is 6.87. The molecular formula is C16H22O4. The zero-order valence-electron chi connectivity index (χ0n) is 12.3. The number of methoxy groups -OCH3 is 1. The molecule has 0 spiro atoms.